The summed E-state index contributed by atoms with van der Waals surface area (Å²) >= 11 is 0. The molecule has 136 valence electrons. The number of benzene rings is 4. The van der Waals surface area contributed by atoms with Crippen LogP contribution in [0.4, 0.5) is 0 Å². The van der Waals surface area contributed by atoms with E-state index >= 15 is 0 Å². The van der Waals surface area contributed by atoms with E-state index in [0.717, 1.165) is 17.1 Å². The highest BCUT2D eigenvalue weighted by Crippen LogP contribution is 2.32. The van der Waals surface area contributed by atoms with Gasteiger partial charge < -0.3 is 4.74 Å². The Bertz CT molecular complexity index is 1000. The van der Waals surface area contributed by atoms with E-state index in [0.29, 0.717) is 0 Å². The van der Waals surface area contributed by atoms with Crippen molar-refractivity contribution in [3.8, 4) is 11.5 Å². The Morgan fingerprint density at radius 1 is 0.571 bits per heavy atom. The molecule has 1 nitrogen and oxygen atoms in total. The lowest BCUT2D eigenvalue weighted by atomic mass is 10.2. The molecule has 0 aliphatic carbocycles. The molecule has 0 fully saturated rings. The summed E-state index contributed by atoms with van der Waals surface area (Å²) in [5.41, 5.74) is 1.05. The van der Waals surface area contributed by atoms with Crippen LogP contribution >= 0.6 is 0 Å². The van der Waals surface area contributed by atoms with Crippen LogP contribution in [0, 0.1) is 0 Å². The highest BCUT2D eigenvalue weighted by Gasteiger charge is 2.28. The molecule has 4 rings (SSSR count). The molecule has 0 bridgehead atoms. The Labute approximate surface area is 169 Å². The summed E-state index contributed by atoms with van der Waals surface area (Å²) in [5.74, 6) is 1.64. The van der Waals surface area contributed by atoms with Gasteiger partial charge >= 0.3 is 0 Å². The van der Waals surface area contributed by atoms with E-state index < -0.39 is 0 Å². The van der Waals surface area contributed by atoms with Crippen molar-refractivity contribution >= 4 is 17.0 Å². The van der Waals surface area contributed by atoms with E-state index in [-0.39, 0.29) is 10.9 Å². The zero-order valence-corrected chi connectivity index (χ0v) is 16.3. The summed E-state index contributed by atoms with van der Waals surface area (Å²) in [4.78, 5) is 3.88. The van der Waals surface area contributed by atoms with Gasteiger partial charge in [0.05, 0.1) is 10.9 Å². The van der Waals surface area contributed by atoms with E-state index in [9.17, 15) is 0 Å². The van der Waals surface area contributed by atoms with Crippen molar-refractivity contribution in [3.05, 3.63) is 121 Å². The summed E-state index contributed by atoms with van der Waals surface area (Å²) < 4.78 is 6.02. The molecular weight excluding hydrogens is 360 g/mol. The average molecular weight is 382 g/mol. The Balaban J connectivity index is 1.64. The minimum absolute atomic E-state index is 0.143. The largest absolute Gasteiger partial charge is 0.457 e. The Hall–Kier alpha value is -3.23. The third-order valence-electron chi connectivity index (χ3n) is 4.35. The Morgan fingerprint density at radius 3 is 1.71 bits per heavy atom. The summed E-state index contributed by atoms with van der Waals surface area (Å²) in [6.45, 7) is 3.81. The fourth-order valence-corrected chi connectivity index (χ4v) is 5.09. The second-order valence-electron chi connectivity index (χ2n) is 6.28. The lowest BCUT2D eigenvalue weighted by molar-refractivity contribution is 0.482. The topological polar surface area (TPSA) is 9.23 Å². The van der Waals surface area contributed by atoms with Crippen molar-refractivity contribution in [1.29, 1.82) is 0 Å². The third-order valence-corrected chi connectivity index (χ3v) is 6.58. The first-order valence-electron chi connectivity index (χ1n) is 9.18. The SMILES string of the molecule is C=Cc1cccc(Oc2ccc([S+](c3ccccc3)c3ccccc3)cc2)c1. The normalized spacial score (nSPS) is 10.6. The molecule has 4 aromatic rings. The van der Waals surface area contributed by atoms with Crippen LogP contribution in [0.5, 0.6) is 11.5 Å². The molecule has 0 saturated heterocycles. The van der Waals surface area contributed by atoms with Gasteiger partial charge in [0.2, 0.25) is 0 Å². The number of rotatable bonds is 6. The van der Waals surface area contributed by atoms with Gasteiger partial charge in [0.25, 0.3) is 0 Å². The van der Waals surface area contributed by atoms with E-state index in [1.165, 1.54) is 14.7 Å². The summed E-state index contributed by atoms with van der Waals surface area (Å²) in [7, 11) is -0.143. The summed E-state index contributed by atoms with van der Waals surface area (Å²) in [5, 5.41) is 0. The molecule has 0 atom stereocenters. The van der Waals surface area contributed by atoms with Crippen molar-refractivity contribution < 1.29 is 4.74 Å². The van der Waals surface area contributed by atoms with Crippen LogP contribution in [0.25, 0.3) is 6.08 Å². The van der Waals surface area contributed by atoms with Crippen LogP contribution in [0.2, 0.25) is 0 Å². The number of hydrogen-bond acceptors (Lipinski definition) is 1. The summed E-state index contributed by atoms with van der Waals surface area (Å²) in [6, 6.07) is 37.6. The van der Waals surface area contributed by atoms with E-state index in [2.05, 4.69) is 79.4 Å². The lowest BCUT2D eigenvalue weighted by Gasteiger charge is -2.10. The van der Waals surface area contributed by atoms with Gasteiger partial charge in [-0.3, -0.25) is 0 Å². The van der Waals surface area contributed by atoms with Crippen molar-refractivity contribution in [2.24, 2.45) is 0 Å². The van der Waals surface area contributed by atoms with Crippen LogP contribution in [-0.2, 0) is 10.9 Å². The maximum atomic E-state index is 6.02. The van der Waals surface area contributed by atoms with Gasteiger partial charge in [-0.25, -0.2) is 0 Å². The quantitative estimate of drug-likeness (QED) is 0.320. The molecular formula is C26H21OS+. The maximum absolute atomic E-state index is 6.02. The Kier molecular flexibility index (Phi) is 5.60. The lowest BCUT2D eigenvalue weighted by Crippen LogP contribution is -2.04. The summed E-state index contributed by atoms with van der Waals surface area (Å²) in [6.07, 6.45) is 1.82. The first kappa shape index (κ1) is 18.1. The van der Waals surface area contributed by atoms with E-state index in [4.69, 9.17) is 4.74 Å². The van der Waals surface area contributed by atoms with Crippen LogP contribution < -0.4 is 4.74 Å². The first-order valence-corrected chi connectivity index (χ1v) is 10.4. The molecule has 0 radical (unpaired) electrons. The smallest absolute Gasteiger partial charge is 0.166 e. The molecule has 0 N–H and O–H groups in total. The monoisotopic (exact) mass is 381 g/mol. The van der Waals surface area contributed by atoms with Gasteiger partial charge in [-0.1, -0.05) is 61.2 Å². The minimum Gasteiger partial charge on any atom is -0.457 e. The molecule has 0 amide bonds. The fraction of sp³-hybridized carbons (Fsp3) is 0. The standard InChI is InChI=1S/C26H21OS/c1-2-21-10-9-11-23(20-21)27-22-16-18-26(19-17-22)28(24-12-5-3-6-13-24)25-14-7-4-8-15-25/h2-20H,1H2/q+1. The molecule has 28 heavy (non-hydrogen) atoms. The van der Waals surface area contributed by atoms with Crippen LogP contribution in [0.1, 0.15) is 5.56 Å². The highest BCUT2D eigenvalue weighted by molar-refractivity contribution is 7.97. The van der Waals surface area contributed by atoms with Crippen molar-refractivity contribution in [1.82, 2.24) is 0 Å². The highest BCUT2D eigenvalue weighted by atomic mass is 32.2. The van der Waals surface area contributed by atoms with Crippen LogP contribution in [0.15, 0.2) is 130 Å². The first-order chi connectivity index (χ1) is 13.8. The molecule has 0 spiro atoms. The predicted molar refractivity (Wildman–Crippen MR) is 118 cm³/mol. The molecule has 0 saturated carbocycles. The van der Waals surface area contributed by atoms with Gasteiger partial charge in [-0.2, -0.15) is 0 Å². The van der Waals surface area contributed by atoms with Crippen molar-refractivity contribution in [2.75, 3.05) is 0 Å². The molecule has 4 aromatic carbocycles. The molecule has 0 aromatic heterocycles. The number of ether oxygens (including phenoxy) is 1. The van der Waals surface area contributed by atoms with Gasteiger partial charge in [0.15, 0.2) is 14.7 Å². The average Bonchev–Trinajstić information content (AvgIpc) is 2.77. The second kappa shape index (κ2) is 8.64. The fourth-order valence-electron chi connectivity index (χ4n) is 3.01. The zero-order chi connectivity index (χ0) is 19.2. The second-order valence-corrected chi connectivity index (χ2v) is 8.31. The van der Waals surface area contributed by atoms with Gasteiger partial charge in [0.1, 0.15) is 11.5 Å². The maximum Gasteiger partial charge on any atom is 0.166 e. The van der Waals surface area contributed by atoms with Crippen LogP contribution in [0.3, 0.4) is 0 Å². The zero-order valence-electron chi connectivity index (χ0n) is 15.5. The molecule has 0 aliphatic rings. The Morgan fingerprint density at radius 2 is 1.14 bits per heavy atom. The van der Waals surface area contributed by atoms with Gasteiger partial charge in [-0.05, 0) is 66.2 Å². The molecule has 0 unspecified atom stereocenters. The van der Waals surface area contributed by atoms with Crippen molar-refractivity contribution in [2.45, 2.75) is 14.7 Å². The van der Waals surface area contributed by atoms with E-state index in [1.54, 1.807) is 0 Å². The van der Waals surface area contributed by atoms with Crippen molar-refractivity contribution in [3.63, 3.8) is 0 Å². The number of hydrogen-bond donors (Lipinski definition) is 0. The van der Waals surface area contributed by atoms with Gasteiger partial charge in [-0.15, -0.1) is 0 Å². The van der Waals surface area contributed by atoms with Crippen LogP contribution in [-0.4, -0.2) is 0 Å². The minimum atomic E-state index is -0.143. The molecule has 2 heteroatoms. The van der Waals surface area contributed by atoms with E-state index in [1.807, 2.05) is 42.5 Å². The molecule has 0 heterocycles. The van der Waals surface area contributed by atoms with Gasteiger partial charge in [0, 0.05) is 0 Å². The predicted octanol–water partition coefficient (Wildman–Crippen LogP) is 7.22. The third kappa shape index (κ3) is 4.19. The molecule has 0 aliphatic heterocycles.